The molecule has 0 fully saturated rings. The van der Waals surface area contributed by atoms with E-state index in [0.717, 1.165) is 29.0 Å². The largest absolute Gasteiger partial charge is 0.482 e. The number of aromatic nitrogens is 3. The van der Waals surface area contributed by atoms with Crippen LogP contribution >= 0.6 is 11.8 Å². The lowest BCUT2D eigenvalue weighted by Gasteiger charge is -2.19. The molecule has 4 rings (SSSR count). The minimum absolute atomic E-state index is 0.390. The normalized spacial score (nSPS) is 14.5. The monoisotopic (exact) mass is 424 g/mol. The average molecular weight is 424 g/mol. The second-order valence-corrected chi connectivity index (χ2v) is 7.60. The van der Waals surface area contributed by atoms with E-state index < -0.39 is 12.2 Å². The fourth-order valence-electron chi connectivity index (χ4n) is 2.94. The summed E-state index contributed by atoms with van der Waals surface area (Å²) in [5.41, 5.74) is 3.14. The Hall–Kier alpha value is -3.33. The van der Waals surface area contributed by atoms with E-state index in [9.17, 15) is 4.79 Å². The molecule has 3 aromatic rings. The maximum Gasteiger partial charge on any atom is 0.341 e. The number of nitrogens with one attached hydrogen (secondary N) is 1. The Balaban J connectivity index is 1.65. The molecule has 2 aromatic carbocycles. The zero-order valence-electron chi connectivity index (χ0n) is 16.2. The van der Waals surface area contributed by atoms with Crippen molar-refractivity contribution in [2.45, 2.75) is 24.7 Å². The third-order valence-electron chi connectivity index (χ3n) is 4.31. The number of fused-ring (bicyclic) bond motifs is 3. The van der Waals surface area contributed by atoms with Crippen molar-refractivity contribution in [2.75, 3.05) is 17.7 Å². The standard InChI is InChI=1S/C21H20N4O4S/c1-2-11-30-21-23-20-18(24-25-21)15-5-3-4-6-16(15)22-19(29-20)13-7-9-14(10-8-13)28-12-17(26)27/h3-10,19,22H,2,11-12H2,1H3,(H,26,27)/t19-/m1/s1. The van der Waals surface area contributed by atoms with E-state index in [2.05, 4.69) is 27.4 Å². The number of carboxylic acid groups (broad SMARTS) is 1. The highest BCUT2D eigenvalue weighted by Gasteiger charge is 2.26. The van der Waals surface area contributed by atoms with Crippen LogP contribution in [0.1, 0.15) is 25.1 Å². The molecular weight excluding hydrogens is 404 g/mol. The van der Waals surface area contributed by atoms with Crippen molar-refractivity contribution in [2.24, 2.45) is 0 Å². The number of hydrogen-bond donors (Lipinski definition) is 2. The molecule has 0 aliphatic carbocycles. The van der Waals surface area contributed by atoms with Gasteiger partial charge in [-0.15, -0.1) is 10.2 Å². The Morgan fingerprint density at radius 1 is 1.20 bits per heavy atom. The fourth-order valence-corrected chi connectivity index (χ4v) is 3.57. The van der Waals surface area contributed by atoms with Gasteiger partial charge in [0.25, 0.3) is 0 Å². The second-order valence-electron chi connectivity index (χ2n) is 6.54. The van der Waals surface area contributed by atoms with Crippen LogP contribution in [-0.4, -0.2) is 38.6 Å². The third kappa shape index (κ3) is 4.46. The minimum atomic E-state index is -1.02. The molecule has 1 aromatic heterocycles. The van der Waals surface area contributed by atoms with Crippen molar-refractivity contribution in [3.05, 3.63) is 54.1 Å². The molecule has 8 nitrogen and oxygen atoms in total. The van der Waals surface area contributed by atoms with Crippen LogP contribution in [0.25, 0.3) is 11.3 Å². The third-order valence-corrected chi connectivity index (χ3v) is 5.36. The van der Waals surface area contributed by atoms with E-state index in [1.165, 1.54) is 11.8 Å². The molecule has 0 unspecified atom stereocenters. The molecule has 9 heteroatoms. The summed E-state index contributed by atoms with van der Waals surface area (Å²) < 4.78 is 11.4. The van der Waals surface area contributed by atoms with Crippen molar-refractivity contribution >= 4 is 23.4 Å². The predicted octanol–water partition coefficient (Wildman–Crippen LogP) is 4.01. The van der Waals surface area contributed by atoms with Gasteiger partial charge in [-0.3, -0.25) is 0 Å². The number of carbonyl (C=O) groups is 1. The highest BCUT2D eigenvalue weighted by atomic mass is 32.2. The maximum atomic E-state index is 10.7. The van der Waals surface area contributed by atoms with Crippen molar-refractivity contribution in [1.29, 1.82) is 0 Å². The quantitative estimate of drug-likeness (QED) is 0.544. The number of nitrogens with zero attached hydrogens (tertiary/aromatic N) is 3. The van der Waals surface area contributed by atoms with Crippen molar-refractivity contribution < 1.29 is 19.4 Å². The van der Waals surface area contributed by atoms with Gasteiger partial charge in [0.1, 0.15) is 5.75 Å². The van der Waals surface area contributed by atoms with Gasteiger partial charge in [0, 0.05) is 22.6 Å². The van der Waals surface area contributed by atoms with Gasteiger partial charge in [-0.1, -0.05) is 36.9 Å². The highest BCUT2D eigenvalue weighted by Crippen LogP contribution is 2.39. The first kappa shape index (κ1) is 20.0. The Kier molecular flexibility index (Phi) is 5.99. The molecule has 0 amide bonds. The van der Waals surface area contributed by atoms with Crippen molar-refractivity contribution in [3.8, 4) is 22.9 Å². The van der Waals surface area contributed by atoms with Crippen LogP contribution in [0, 0.1) is 0 Å². The molecule has 0 bridgehead atoms. The number of benzene rings is 2. The van der Waals surface area contributed by atoms with Gasteiger partial charge in [-0.25, -0.2) is 4.79 Å². The molecule has 30 heavy (non-hydrogen) atoms. The van der Waals surface area contributed by atoms with Gasteiger partial charge in [-0.2, -0.15) is 4.98 Å². The summed E-state index contributed by atoms with van der Waals surface area (Å²) in [6, 6.07) is 14.8. The Morgan fingerprint density at radius 3 is 2.77 bits per heavy atom. The molecule has 1 aliphatic rings. The summed E-state index contributed by atoms with van der Waals surface area (Å²) in [6.45, 7) is 1.71. The topological polar surface area (TPSA) is 106 Å². The van der Waals surface area contributed by atoms with E-state index in [0.29, 0.717) is 22.5 Å². The minimum Gasteiger partial charge on any atom is -0.482 e. The summed E-state index contributed by atoms with van der Waals surface area (Å²) >= 11 is 1.54. The van der Waals surface area contributed by atoms with E-state index in [1.54, 1.807) is 12.1 Å². The zero-order chi connectivity index (χ0) is 20.9. The molecule has 2 heterocycles. The number of hydrogen-bond acceptors (Lipinski definition) is 8. The average Bonchev–Trinajstić information content (AvgIpc) is 2.93. The van der Waals surface area contributed by atoms with Crippen LogP contribution in [-0.2, 0) is 4.79 Å². The zero-order valence-corrected chi connectivity index (χ0v) is 17.1. The van der Waals surface area contributed by atoms with Gasteiger partial charge in [0.15, 0.2) is 18.5 Å². The van der Waals surface area contributed by atoms with E-state index >= 15 is 0 Å². The van der Waals surface area contributed by atoms with Crippen molar-refractivity contribution in [1.82, 2.24) is 15.2 Å². The summed E-state index contributed by atoms with van der Waals surface area (Å²) in [5.74, 6) is 0.761. The Labute approximate surface area is 177 Å². The number of anilines is 1. The van der Waals surface area contributed by atoms with Gasteiger partial charge in [0.2, 0.25) is 11.0 Å². The summed E-state index contributed by atoms with van der Waals surface area (Å²) in [4.78, 5) is 15.3. The number of rotatable bonds is 7. The Bertz CT molecular complexity index is 1050. The van der Waals surface area contributed by atoms with E-state index in [1.807, 2.05) is 36.4 Å². The highest BCUT2D eigenvalue weighted by molar-refractivity contribution is 7.99. The van der Waals surface area contributed by atoms with Crippen LogP contribution < -0.4 is 14.8 Å². The molecule has 0 saturated heterocycles. The molecule has 154 valence electrons. The van der Waals surface area contributed by atoms with Crippen LogP contribution in [0.5, 0.6) is 11.6 Å². The first-order chi connectivity index (χ1) is 14.6. The smallest absolute Gasteiger partial charge is 0.341 e. The number of aliphatic carboxylic acids is 1. The first-order valence-corrected chi connectivity index (χ1v) is 10.5. The van der Waals surface area contributed by atoms with E-state index in [-0.39, 0.29) is 6.61 Å². The molecule has 0 radical (unpaired) electrons. The van der Waals surface area contributed by atoms with Crippen LogP contribution in [0.2, 0.25) is 0 Å². The van der Waals surface area contributed by atoms with Crippen LogP contribution in [0.4, 0.5) is 5.69 Å². The number of thioether (sulfide) groups is 1. The molecular formula is C21H20N4O4S. The molecule has 0 spiro atoms. The SMILES string of the molecule is CCCSc1nnc2c(n1)O[C@H](c1ccc(OCC(=O)O)cc1)Nc1ccccc1-2. The van der Waals surface area contributed by atoms with Gasteiger partial charge >= 0.3 is 5.97 Å². The van der Waals surface area contributed by atoms with Gasteiger partial charge in [-0.05, 0) is 36.8 Å². The number of para-hydroxylation sites is 1. The molecule has 1 atom stereocenters. The van der Waals surface area contributed by atoms with Gasteiger partial charge < -0.3 is 19.9 Å². The molecule has 1 aliphatic heterocycles. The van der Waals surface area contributed by atoms with Crippen LogP contribution in [0.3, 0.4) is 0 Å². The maximum absolute atomic E-state index is 10.7. The van der Waals surface area contributed by atoms with Gasteiger partial charge in [0.05, 0.1) is 0 Å². The lowest BCUT2D eigenvalue weighted by molar-refractivity contribution is -0.139. The van der Waals surface area contributed by atoms with Crippen LogP contribution in [0.15, 0.2) is 53.7 Å². The summed E-state index contributed by atoms with van der Waals surface area (Å²) in [5, 5.41) is 21.3. The lowest BCUT2D eigenvalue weighted by atomic mass is 10.1. The Morgan fingerprint density at radius 2 is 2.00 bits per heavy atom. The van der Waals surface area contributed by atoms with Crippen molar-refractivity contribution in [3.63, 3.8) is 0 Å². The summed E-state index contributed by atoms with van der Waals surface area (Å²) in [6.07, 6.45) is 0.497. The number of carboxylic acids is 1. The van der Waals surface area contributed by atoms with E-state index in [4.69, 9.17) is 14.6 Å². The second kappa shape index (κ2) is 9.00. The molecule has 2 N–H and O–H groups in total. The number of ether oxygens (including phenoxy) is 2. The lowest BCUT2D eigenvalue weighted by Crippen LogP contribution is -2.17. The molecule has 0 saturated carbocycles. The first-order valence-electron chi connectivity index (χ1n) is 9.48. The fraction of sp³-hybridized carbons (Fsp3) is 0.238. The summed E-state index contributed by atoms with van der Waals surface area (Å²) in [7, 11) is 0. The predicted molar refractivity (Wildman–Crippen MR) is 113 cm³/mol.